The summed E-state index contributed by atoms with van der Waals surface area (Å²) in [6, 6.07) is 9.49. The molecule has 3 rings (SSSR count). The topological polar surface area (TPSA) is 58.4 Å². The first kappa shape index (κ1) is 16.8. The van der Waals surface area contributed by atoms with Crippen molar-refractivity contribution in [3.63, 3.8) is 0 Å². The van der Waals surface area contributed by atoms with Crippen molar-refractivity contribution in [1.29, 1.82) is 0 Å². The number of nitrogens with one attached hydrogen (secondary N) is 1. The van der Waals surface area contributed by atoms with Crippen LogP contribution in [0.4, 0.5) is 0 Å². The second-order valence-corrected chi connectivity index (χ2v) is 7.89. The van der Waals surface area contributed by atoms with E-state index in [1.54, 1.807) is 0 Å². The first-order chi connectivity index (χ1) is 11.2. The van der Waals surface area contributed by atoms with Gasteiger partial charge < -0.3 is 11.1 Å². The number of rotatable bonds is 6. The Hall–Kier alpha value is -1.04. The molecular weight excluding hydrogens is 306 g/mol. The summed E-state index contributed by atoms with van der Waals surface area (Å²) in [5, 5.41) is 3.66. The molecule has 2 aliphatic rings. The summed E-state index contributed by atoms with van der Waals surface area (Å²) in [5.74, 6) is 2.39. The second-order valence-electron chi connectivity index (χ2n) is 6.74. The third-order valence-corrected chi connectivity index (χ3v) is 5.99. The van der Waals surface area contributed by atoms with Gasteiger partial charge in [0.1, 0.15) is 0 Å². The van der Waals surface area contributed by atoms with Crippen LogP contribution < -0.4 is 11.1 Å². The van der Waals surface area contributed by atoms with Crippen LogP contribution >= 0.6 is 11.8 Å². The molecule has 0 aromatic heterocycles. The van der Waals surface area contributed by atoms with Gasteiger partial charge in [0.05, 0.1) is 5.92 Å². The van der Waals surface area contributed by atoms with Gasteiger partial charge in [-0.25, -0.2) is 0 Å². The highest BCUT2D eigenvalue weighted by atomic mass is 32.2. The summed E-state index contributed by atoms with van der Waals surface area (Å²) in [7, 11) is 0. The smallest absolute Gasteiger partial charge is 0.221 e. The van der Waals surface area contributed by atoms with Gasteiger partial charge in [0, 0.05) is 31.4 Å². The number of likely N-dealkylation sites (tertiary alicyclic amines) is 1. The fraction of sp³-hybridized carbons (Fsp3) is 0.611. The van der Waals surface area contributed by atoms with Crippen molar-refractivity contribution in [2.75, 3.05) is 24.6 Å². The molecule has 1 aromatic carbocycles. The van der Waals surface area contributed by atoms with Crippen molar-refractivity contribution in [3.05, 3.63) is 35.4 Å². The SMILES string of the molecule is NC(=O)[C@H]1CCCN(Cc2cccc(CN[C@H]3CCSC3)c2)C1. The van der Waals surface area contributed by atoms with Gasteiger partial charge in [-0.3, -0.25) is 9.69 Å². The molecule has 1 aromatic rings. The zero-order chi connectivity index (χ0) is 16.1. The molecule has 4 nitrogen and oxygen atoms in total. The van der Waals surface area contributed by atoms with E-state index in [0.29, 0.717) is 6.04 Å². The summed E-state index contributed by atoms with van der Waals surface area (Å²) in [6.45, 7) is 3.72. The number of nitrogens with zero attached hydrogens (tertiary/aromatic N) is 1. The Labute approximate surface area is 143 Å². The normalized spacial score (nSPS) is 25.6. The third-order valence-electron chi connectivity index (χ3n) is 4.83. The number of nitrogens with two attached hydrogens (primary N) is 1. The van der Waals surface area contributed by atoms with Crippen molar-refractivity contribution in [1.82, 2.24) is 10.2 Å². The van der Waals surface area contributed by atoms with E-state index in [-0.39, 0.29) is 11.8 Å². The minimum absolute atomic E-state index is 0.0217. The average molecular weight is 334 g/mol. The van der Waals surface area contributed by atoms with Crippen molar-refractivity contribution in [2.45, 2.75) is 38.4 Å². The van der Waals surface area contributed by atoms with Gasteiger partial charge in [0.15, 0.2) is 0 Å². The van der Waals surface area contributed by atoms with Crippen LogP contribution in [-0.2, 0) is 17.9 Å². The summed E-state index contributed by atoms with van der Waals surface area (Å²) in [6.07, 6.45) is 3.29. The van der Waals surface area contributed by atoms with E-state index >= 15 is 0 Å². The molecule has 0 unspecified atom stereocenters. The Morgan fingerprint density at radius 3 is 3.00 bits per heavy atom. The van der Waals surface area contributed by atoms with E-state index in [0.717, 1.165) is 39.0 Å². The van der Waals surface area contributed by atoms with E-state index < -0.39 is 0 Å². The number of hydrogen-bond donors (Lipinski definition) is 2. The molecule has 126 valence electrons. The highest BCUT2D eigenvalue weighted by Crippen LogP contribution is 2.20. The monoisotopic (exact) mass is 333 g/mol. The van der Waals surface area contributed by atoms with Gasteiger partial charge in [-0.2, -0.15) is 11.8 Å². The van der Waals surface area contributed by atoms with Crippen LogP contribution in [0.25, 0.3) is 0 Å². The Morgan fingerprint density at radius 1 is 1.35 bits per heavy atom. The number of amides is 1. The molecule has 3 N–H and O–H groups in total. The summed E-state index contributed by atoms with van der Waals surface area (Å²) in [4.78, 5) is 13.8. The van der Waals surface area contributed by atoms with Gasteiger partial charge >= 0.3 is 0 Å². The van der Waals surface area contributed by atoms with Crippen molar-refractivity contribution >= 4 is 17.7 Å². The lowest BCUT2D eigenvalue weighted by atomic mass is 9.97. The van der Waals surface area contributed by atoms with E-state index in [4.69, 9.17) is 5.73 Å². The number of primary amides is 1. The molecule has 0 spiro atoms. The Kier molecular flexibility index (Phi) is 5.97. The number of hydrogen-bond acceptors (Lipinski definition) is 4. The fourth-order valence-corrected chi connectivity index (χ4v) is 4.67. The molecule has 2 atom stereocenters. The van der Waals surface area contributed by atoms with Crippen molar-refractivity contribution < 1.29 is 4.79 Å². The lowest BCUT2D eigenvalue weighted by molar-refractivity contribution is -0.123. The summed E-state index contributed by atoms with van der Waals surface area (Å²) >= 11 is 2.04. The van der Waals surface area contributed by atoms with Gasteiger partial charge in [0.2, 0.25) is 5.91 Å². The molecule has 5 heteroatoms. The molecule has 0 radical (unpaired) electrons. The maximum absolute atomic E-state index is 11.4. The van der Waals surface area contributed by atoms with Gasteiger partial charge in [0.25, 0.3) is 0 Å². The van der Waals surface area contributed by atoms with Gasteiger partial charge in [-0.1, -0.05) is 24.3 Å². The first-order valence-corrected chi connectivity index (χ1v) is 9.77. The molecule has 2 saturated heterocycles. The molecule has 2 aliphatic heterocycles. The number of thioether (sulfide) groups is 1. The van der Waals surface area contributed by atoms with Gasteiger partial charge in [-0.15, -0.1) is 0 Å². The standard InChI is InChI=1S/C18H27N3OS/c19-18(22)16-5-2-7-21(12-16)11-15-4-1-3-14(9-15)10-20-17-6-8-23-13-17/h1,3-4,9,16-17,20H,2,5-8,10-13H2,(H2,19,22)/t16-,17-/m0/s1. The lowest BCUT2D eigenvalue weighted by Gasteiger charge is -2.31. The van der Waals surface area contributed by atoms with Crippen LogP contribution in [0.15, 0.2) is 24.3 Å². The minimum atomic E-state index is -0.151. The summed E-state index contributed by atoms with van der Waals surface area (Å²) < 4.78 is 0. The Bertz CT molecular complexity index is 531. The number of carbonyl (C=O) groups excluding carboxylic acids is 1. The van der Waals surface area contributed by atoms with E-state index in [1.165, 1.54) is 29.1 Å². The molecule has 23 heavy (non-hydrogen) atoms. The number of benzene rings is 1. The third kappa shape index (κ3) is 4.96. The van der Waals surface area contributed by atoms with Gasteiger partial charge in [-0.05, 0) is 42.7 Å². The van der Waals surface area contributed by atoms with E-state index in [9.17, 15) is 4.79 Å². The molecule has 2 fully saturated rings. The largest absolute Gasteiger partial charge is 0.369 e. The zero-order valence-corrected chi connectivity index (χ0v) is 14.5. The molecule has 0 saturated carbocycles. The van der Waals surface area contributed by atoms with Crippen LogP contribution in [0.2, 0.25) is 0 Å². The molecule has 1 amide bonds. The second kappa shape index (κ2) is 8.18. The molecular formula is C18H27N3OS. The number of carbonyl (C=O) groups is 1. The average Bonchev–Trinajstić information content (AvgIpc) is 3.07. The Morgan fingerprint density at radius 2 is 2.22 bits per heavy atom. The van der Waals surface area contributed by atoms with Crippen LogP contribution in [0, 0.1) is 5.92 Å². The summed E-state index contributed by atoms with van der Waals surface area (Å²) in [5.41, 5.74) is 8.15. The van der Waals surface area contributed by atoms with Crippen LogP contribution in [0.5, 0.6) is 0 Å². The predicted octanol–water partition coefficient (Wildman–Crippen LogP) is 1.98. The maximum atomic E-state index is 11.4. The molecule has 0 bridgehead atoms. The first-order valence-electron chi connectivity index (χ1n) is 8.61. The highest BCUT2D eigenvalue weighted by Gasteiger charge is 2.23. The van der Waals surface area contributed by atoms with E-state index in [1.807, 2.05) is 11.8 Å². The molecule has 2 heterocycles. The quantitative estimate of drug-likeness (QED) is 0.836. The van der Waals surface area contributed by atoms with Crippen LogP contribution in [-0.4, -0.2) is 41.4 Å². The minimum Gasteiger partial charge on any atom is -0.369 e. The maximum Gasteiger partial charge on any atom is 0.221 e. The van der Waals surface area contributed by atoms with Crippen LogP contribution in [0.1, 0.15) is 30.4 Å². The van der Waals surface area contributed by atoms with Crippen molar-refractivity contribution in [2.24, 2.45) is 11.7 Å². The Balaban J connectivity index is 1.53. The predicted molar refractivity (Wildman–Crippen MR) is 96.2 cm³/mol. The van der Waals surface area contributed by atoms with E-state index in [2.05, 4.69) is 34.5 Å². The van der Waals surface area contributed by atoms with Crippen molar-refractivity contribution in [3.8, 4) is 0 Å². The lowest BCUT2D eigenvalue weighted by Crippen LogP contribution is -2.40. The molecule has 0 aliphatic carbocycles. The van der Waals surface area contributed by atoms with Crippen LogP contribution in [0.3, 0.4) is 0 Å². The fourth-order valence-electron chi connectivity index (χ4n) is 3.49. The zero-order valence-electron chi connectivity index (χ0n) is 13.7. The number of piperidine rings is 1. The highest BCUT2D eigenvalue weighted by molar-refractivity contribution is 7.99.